The summed E-state index contributed by atoms with van der Waals surface area (Å²) in [5.41, 5.74) is 2.38. The third-order valence-electron chi connectivity index (χ3n) is 2.36. The molecule has 0 aliphatic rings. The molecule has 7 nitrogen and oxygen atoms in total. The fourth-order valence-corrected chi connectivity index (χ4v) is 1.73. The fourth-order valence-electron chi connectivity index (χ4n) is 1.29. The number of nitrogens with zero attached hydrogens (tertiary/aromatic N) is 4. The number of aromatic nitrogens is 2. The van der Waals surface area contributed by atoms with Crippen molar-refractivity contribution in [2.45, 2.75) is 6.92 Å². The summed E-state index contributed by atoms with van der Waals surface area (Å²) >= 11 is 3.37. The van der Waals surface area contributed by atoms with Gasteiger partial charge in [0, 0.05) is 26.8 Å². The minimum Gasteiger partial charge on any atom is -0.347 e. The van der Waals surface area contributed by atoms with Crippen molar-refractivity contribution in [3.8, 4) is 0 Å². The maximum Gasteiger partial charge on any atom is 0.241 e. The van der Waals surface area contributed by atoms with Crippen LogP contribution in [0.3, 0.4) is 0 Å². The van der Waals surface area contributed by atoms with E-state index in [0.717, 1.165) is 4.47 Å². The first-order valence-corrected chi connectivity index (χ1v) is 6.23. The number of rotatable bonds is 5. The Morgan fingerprint density at radius 3 is 2.72 bits per heavy atom. The summed E-state index contributed by atoms with van der Waals surface area (Å²) in [7, 11) is 3.44. The molecule has 1 aromatic rings. The zero-order valence-corrected chi connectivity index (χ0v) is 12.2. The highest BCUT2D eigenvalue weighted by molar-refractivity contribution is 9.10. The van der Waals surface area contributed by atoms with Gasteiger partial charge in [-0.15, -0.1) is 0 Å². The first kappa shape index (κ1) is 14.7. The van der Waals surface area contributed by atoms with Gasteiger partial charge in [-0.1, -0.05) is 0 Å². The summed E-state index contributed by atoms with van der Waals surface area (Å²) in [6.45, 7) is 2.86. The van der Waals surface area contributed by atoms with Gasteiger partial charge in [0.15, 0.2) is 0 Å². The summed E-state index contributed by atoms with van der Waals surface area (Å²) in [5, 5.41) is 0. The number of hydrazine groups is 1. The Labute approximate surface area is 114 Å². The lowest BCUT2D eigenvalue weighted by molar-refractivity contribution is -0.127. The van der Waals surface area contributed by atoms with E-state index < -0.39 is 0 Å². The van der Waals surface area contributed by atoms with Crippen LogP contribution in [0, 0.1) is 0 Å². The first-order chi connectivity index (χ1) is 8.49. The van der Waals surface area contributed by atoms with Gasteiger partial charge in [0.25, 0.3) is 0 Å². The highest BCUT2D eigenvalue weighted by atomic mass is 79.9. The number of nitrogens with two attached hydrogens (primary N) is 1. The number of hydrogen-bond acceptors (Lipinski definition) is 6. The number of carbonyl (C=O) groups excluding carboxylic acids is 1. The third kappa shape index (κ3) is 3.54. The van der Waals surface area contributed by atoms with Crippen molar-refractivity contribution in [1.82, 2.24) is 14.9 Å². The minimum absolute atomic E-state index is 0.00428. The van der Waals surface area contributed by atoms with Crippen molar-refractivity contribution in [3.63, 3.8) is 0 Å². The van der Waals surface area contributed by atoms with E-state index >= 15 is 0 Å². The van der Waals surface area contributed by atoms with Crippen LogP contribution in [-0.2, 0) is 4.79 Å². The molecule has 8 heteroatoms. The van der Waals surface area contributed by atoms with Crippen molar-refractivity contribution in [2.75, 3.05) is 37.5 Å². The maximum atomic E-state index is 11.7. The molecule has 1 rings (SSSR count). The fraction of sp³-hybridized carbons (Fsp3) is 0.500. The molecular weight excluding hydrogens is 300 g/mol. The van der Waals surface area contributed by atoms with Crippen molar-refractivity contribution < 1.29 is 4.79 Å². The SMILES string of the molecule is CCN(CC(=O)N(C)C)c1nc(NN)ncc1Br. The average Bonchev–Trinajstić information content (AvgIpc) is 2.36. The molecule has 0 aliphatic carbocycles. The Balaban J connectivity index is 2.97. The van der Waals surface area contributed by atoms with Crippen LogP contribution in [0.2, 0.25) is 0 Å². The predicted octanol–water partition coefficient (Wildman–Crippen LogP) is 0.439. The lowest BCUT2D eigenvalue weighted by Crippen LogP contribution is -2.37. The summed E-state index contributed by atoms with van der Waals surface area (Å²) in [5.74, 6) is 6.22. The minimum atomic E-state index is 0.00428. The lowest BCUT2D eigenvalue weighted by Gasteiger charge is -2.24. The molecule has 1 heterocycles. The molecule has 0 unspecified atom stereocenters. The van der Waals surface area contributed by atoms with E-state index in [-0.39, 0.29) is 12.5 Å². The van der Waals surface area contributed by atoms with Crippen LogP contribution < -0.4 is 16.2 Å². The van der Waals surface area contributed by atoms with Crippen LogP contribution in [0.15, 0.2) is 10.7 Å². The molecule has 0 atom stereocenters. The molecule has 3 N–H and O–H groups in total. The van der Waals surface area contributed by atoms with Crippen LogP contribution >= 0.6 is 15.9 Å². The van der Waals surface area contributed by atoms with E-state index in [1.807, 2.05) is 11.8 Å². The van der Waals surface area contributed by atoms with E-state index in [9.17, 15) is 4.79 Å². The summed E-state index contributed by atoms with van der Waals surface area (Å²) < 4.78 is 0.718. The number of likely N-dealkylation sites (N-methyl/N-ethyl adjacent to an activating group) is 2. The van der Waals surface area contributed by atoms with Crippen LogP contribution in [0.1, 0.15) is 6.92 Å². The number of carbonyl (C=O) groups is 1. The molecule has 18 heavy (non-hydrogen) atoms. The Morgan fingerprint density at radius 1 is 1.56 bits per heavy atom. The van der Waals surface area contributed by atoms with Crippen molar-refractivity contribution in [3.05, 3.63) is 10.7 Å². The Kier molecular flexibility index (Phi) is 5.29. The highest BCUT2D eigenvalue weighted by Gasteiger charge is 2.16. The number of hydrogen-bond donors (Lipinski definition) is 2. The van der Waals surface area contributed by atoms with Gasteiger partial charge in [-0.05, 0) is 22.9 Å². The lowest BCUT2D eigenvalue weighted by atomic mass is 10.4. The van der Waals surface area contributed by atoms with Crippen LogP contribution in [0.25, 0.3) is 0 Å². The number of halogens is 1. The van der Waals surface area contributed by atoms with Crippen LogP contribution in [0.5, 0.6) is 0 Å². The number of anilines is 2. The normalized spacial score (nSPS) is 10.1. The molecular formula is C10H17BrN6O. The molecule has 1 aromatic heterocycles. The standard InChI is InChI=1S/C10H17BrN6O/c1-4-17(6-8(18)16(2)3)9-7(11)5-13-10(14-9)15-12/h5H,4,6,12H2,1-3H3,(H,13,14,15). The summed E-state index contributed by atoms with van der Waals surface area (Å²) in [6, 6.07) is 0. The second-order valence-corrected chi connectivity index (χ2v) is 4.67. The van der Waals surface area contributed by atoms with Gasteiger partial charge in [0.2, 0.25) is 11.9 Å². The number of nitrogens with one attached hydrogen (secondary N) is 1. The van der Waals surface area contributed by atoms with Crippen LogP contribution in [-0.4, -0.2) is 48.0 Å². The molecule has 0 spiro atoms. The van der Waals surface area contributed by atoms with Gasteiger partial charge in [0.05, 0.1) is 11.0 Å². The second-order valence-electron chi connectivity index (χ2n) is 3.81. The van der Waals surface area contributed by atoms with Crippen LogP contribution in [0.4, 0.5) is 11.8 Å². The van der Waals surface area contributed by atoms with E-state index in [0.29, 0.717) is 18.3 Å². The van der Waals surface area contributed by atoms with Crippen molar-refractivity contribution >= 4 is 33.6 Å². The van der Waals surface area contributed by atoms with Crippen molar-refractivity contribution in [1.29, 1.82) is 0 Å². The molecule has 0 aliphatic heterocycles. The van der Waals surface area contributed by atoms with Gasteiger partial charge in [-0.25, -0.2) is 10.8 Å². The smallest absolute Gasteiger partial charge is 0.241 e. The quantitative estimate of drug-likeness (QED) is 0.605. The Morgan fingerprint density at radius 2 is 2.22 bits per heavy atom. The molecule has 0 fully saturated rings. The third-order valence-corrected chi connectivity index (χ3v) is 2.92. The second kappa shape index (κ2) is 6.50. The van der Waals surface area contributed by atoms with Gasteiger partial charge >= 0.3 is 0 Å². The highest BCUT2D eigenvalue weighted by Crippen LogP contribution is 2.23. The van der Waals surface area contributed by atoms with E-state index in [1.54, 1.807) is 25.2 Å². The maximum absolute atomic E-state index is 11.7. The van der Waals surface area contributed by atoms with E-state index in [4.69, 9.17) is 5.84 Å². The topological polar surface area (TPSA) is 87.4 Å². The summed E-state index contributed by atoms with van der Waals surface area (Å²) in [4.78, 5) is 23.3. The molecule has 1 amide bonds. The Bertz CT molecular complexity index is 425. The van der Waals surface area contributed by atoms with Gasteiger partial charge < -0.3 is 9.80 Å². The molecule has 0 saturated carbocycles. The summed E-state index contributed by atoms with van der Waals surface area (Å²) in [6.07, 6.45) is 1.60. The molecule has 100 valence electrons. The molecule has 0 radical (unpaired) electrons. The van der Waals surface area contributed by atoms with Gasteiger partial charge in [0.1, 0.15) is 5.82 Å². The molecule has 0 bridgehead atoms. The largest absolute Gasteiger partial charge is 0.347 e. The zero-order valence-electron chi connectivity index (χ0n) is 10.6. The molecule has 0 saturated heterocycles. The predicted molar refractivity (Wildman–Crippen MR) is 74.1 cm³/mol. The van der Waals surface area contributed by atoms with Crippen molar-refractivity contribution in [2.24, 2.45) is 5.84 Å². The first-order valence-electron chi connectivity index (χ1n) is 5.43. The van der Waals surface area contributed by atoms with E-state index in [2.05, 4.69) is 31.3 Å². The van der Waals surface area contributed by atoms with E-state index in [1.165, 1.54) is 0 Å². The average molecular weight is 317 g/mol. The number of amides is 1. The Hall–Kier alpha value is -1.41. The van der Waals surface area contributed by atoms with Gasteiger partial charge in [-0.3, -0.25) is 10.2 Å². The van der Waals surface area contributed by atoms with Gasteiger partial charge in [-0.2, -0.15) is 4.98 Å². The number of nitrogen functional groups attached to an aromatic ring is 1. The zero-order chi connectivity index (χ0) is 13.7. The molecule has 0 aromatic carbocycles. The monoisotopic (exact) mass is 316 g/mol.